The quantitative estimate of drug-likeness (QED) is 0.302. The van der Waals surface area contributed by atoms with Gasteiger partial charge in [0, 0.05) is 23.7 Å². The highest BCUT2D eigenvalue weighted by Gasteiger charge is 2.17. The van der Waals surface area contributed by atoms with E-state index in [-0.39, 0.29) is 12.1 Å². The molecule has 2 aromatic carbocycles. The SMILES string of the molecule is CCCCc1nc(C)n(Cc2ncccc2C#N)c(=O)c1Cc1ccc(-c2ccccc2-c2nn[nH]n2)cc1. The van der Waals surface area contributed by atoms with Gasteiger partial charge in [-0.3, -0.25) is 14.3 Å². The van der Waals surface area contributed by atoms with Gasteiger partial charge in [-0.05, 0) is 53.8 Å². The van der Waals surface area contributed by atoms with E-state index in [1.54, 1.807) is 22.9 Å². The normalized spacial score (nSPS) is 10.9. The molecule has 0 saturated heterocycles. The number of nitrogens with zero attached hydrogens (tertiary/aromatic N) is 7. The van der Waals surface area contributed by atoms with E-state index in [0.29, 0.717) is 34.9 Å². The van der Waals surface area contributed by atoms with Gasteiger partial charge >= 0.3 is 0 Å². The molecule has 194 valence electrons. The number of aromatic nitrogens is 7. The van der Waals surface area contributed by atoms with Crippen molar-refractivity contribution in [3.63, 3.8) is 0 Å². The lowest BCUT2D eigenvalue weighted by atomic mass is 9.96. The van der Waals surface area contributed by atoms with E-state index < -0.39 is 0 Å². The third-order valence-electron chi connectivity index (χ3n) is 6.78. The number of unbranched alkanes of at least 4 members (excludes halogenated alkanes) is 1. The minimum absolute atomic E-state index is 0.0883. The molecule has 0 radical (unpaired) electrons. The van der Waals surface area contributed by atoms with Crippen LogP contribution in [-0.4, -0.2) is 35.2 Å². The molecular formula is C30H28N8O. The Balaban J connectivity index is 1.49. The molecule has 0 aliphatic heterocycles. The van der Waals surface area contributed by atoms with Gasteiger partial charge in [0.25, 0.3) is 5.56 Å². The van der Waals surface area contributed by atoms with Crippen LogP contribution in [0.5, 0.6) is 0 Å². The number of hydrogen-bond donors (Lipinski definition) is 1. The van der Waals surface area contributed by atoms with Crippen LogP contribution in [0.15, 0.2) is 71.7 Å². The van der Waals surface area contributed by atoms with Crippen LogP contribution in [0.1, 0.15) is 53.7 Å². The predicted molar refractivity (Wildman–Crippen MR) is 148 cm³/mol. The first-order valence-electron chi connectivity index (χ1n) is 12.9. The molecule has 39 heavy (non-hydrogen) atoms. The van der Waals surface area contributed by atoms with Crippen molar-refractivity contribution in [2.24, 2.45) is 0 Å². The molecule has 9 heteroatoms. The second-order valence-corrected chi connectivity index (χ2v) is 9.34. The Labute approximate surface area is 226 Å². The van der Waals surface area contributed by atoms with Crippen LogP contribution in [0.4, 0.5) is 0 Å². The number of aromatic amines is 1. The fourth-order valence-corrected chi connectivity index (χ4v) is 4.70. The number of benzene rings is 2. The molecule has 5 aromatic rings. The highest BCUT2D eigenvalue weighted by atomic mass is 16.1. The largest absolute Gasteiger partial charge is 0.291 e. The number of hydrogen-bond acceptors (Lipinski definition) is 7. The standard InChI is InChI=1S/C30H28N8O/c1-3-4-11-27-26(30(39)38(20(2)33-27)19-28-23(18-31)8-7-16-32-28)17-21-12-14-22(15-13-21)24-9-5-6-10-25(24)29-34-36-37-35-29/h5-10,12-16H,3-4,11,17,19H2,1-2H3,(H,34,35,36,37). The molecule has 0 fully saturated rings. The molecule has 3 heterocycles. The Morgan fingerprint density at radius 1 is 1.00 bits per heavy atom. The first-order chi connectivity index (χ1) is 19.1. The van der Waals surface area contributed by atoms with Gasteiger partial charge in [0.05, 0.1) is 23.5 Å². The van der Waals surface area contributed by atoms with Crippen LogP contribution in [0.25, 0.3) is 22.5 Å². The zero-order valence-corrected chi connectivity index (χ0v) is 21.9. The molecule has 0 atom stereocenters. The topological polar surface area (TPSA) is 126 Å². The Morgan fingerprint density at radius 2 is 1.79 bits per heavy atom. The van der Waals surface area contributed by atoms with E-state index in [1.807, 2.05) is 55.5 Å². The van der Waals surface area contributed by atoms with Crippen molar-refractivity contribution < 1.29 is 0 Å². The average molecular weight is 517 g/mol. The van der Waals surface area contributed by atoms with Gasteiger partial charge in [-0.1, -0.05) is 61.9 Å². The van der Waals surface area contributed by atoms with Crippen molar-refractivity contribution in [3.8, 4) is 28.6 Å². The predicted octanol–water partition coefficient (Wildman–Crippen LogP) is 4.65. The summed E-state index contributed by atoms with van der Waals surface area (Å²) in [5.74, 6) is 1.16. The number of pyridine rings is 1. The number of rotatable bonds is 9. The van der Waals surface area contributed by atoms with Crippen molar-refractivity contribution >= 4 is 0 Å². The van der Waals surface area contributed by atoms with Gasteiger partial charge in [0.1, 0.15) is 11.9 Å². The molecule has 0 saturated carbocycles. The lowest BCUT2D eigenvalue weighted by Crippen LogP contribution is -2.30. The first kappa shape index (κ1) is 25.7. The van der Waals surface area contributed by atoms with Crippen LogP contribution < -0.4 is 5.56 Å². The third-order valence-corrected chi connectivity index (χ3v) is 6.78. The Kier molecular flexibility index (Phi) is 7.64. The highest BCUT2D eigenvalue weighted by molar-refractivity contribution is 5.80. The molecule has 0 aliphatic rings. The van der Waals surface area contributed by atoms with Gasteiger partial charge in [-0.15, -0.1) is 10.2 Å². The summed E-state index contributed by atoms with van der Waals surface area (Å²) >= 11 is 0. The maximum atomic E-state index is 13.8. The zero-order valence-electron chi connectivity index (χ0n) is 21.9. The number of nitrogens with one attached hydrogen (secondary N) is 1. The van der Waals surface area contributed by atoms with Crippen molar-refractivity contribution in [2.75, 3.05) is 0 Å². The van der Waals surface area contributed by atoms with E-state index in [9.17, 15) is 10.1 Å². The van der Waals surface area contributed by atoms with Crippen molar-refractivity contribution in [2.45, 2.75) is 46.1 Å². The van der Waals surface area contributed by atoms with Crippen molar-refractivity contribution in [1.29, 1.82) is 5.26 Å². The molecule has 9 nitrogen and oxygen atoms in total. The summed E-state index contributed by atoms with van der Waals surface area (Å²) in [6.45, 7) is 4.17. The molecule has 3 aromatic heterocycles. The molecule has 0 bridgehead atoms. The fourth-order valence-electron chi connectivity index (χ4n) is 4.70. The van der Waals surface area contributed by atoms with E-state index in [1.165, 1.54) is 0 Å². The first-order valence-corrected chi connectivity index (χ1v) is 12.9. The minimum Gasteiger partial charge on any atom is -0.291 e. The van der Waals surface area contributed by atoms with Crippen LogP contribution in [0, 0.1) is 18.3 Å². The fraction of sp³-hybridized carbons (Fsp3) is 0.233. The second-order valence-electron chi connectivity index (χ2n) is 9.34. The molecule has 1 N–H and O–H groups in total. The molecule has 0 aliphatic carbocycles. The van der Waals surface area contributed by atoms with Crippen LogP contribution >= 0.6 is 0 Å². The van der Waals surface area contributed by atoms with E-state index >= 15 is 0 Å². The summed E-state index contributed by atoms with van der Waals surface area (Å²) in [6.07, 6.45) is 4.81. The molecule has 0 spiro atoms. The van der Waals surface area contributed by atoms with Crippen LogP contribution in [0.3, 0.4) is 0 Å². The summed E-state index contributed by atoms with van der Waals surface area (Å²) in [4.78, 5) is 23.0. The Bertz CT molecular complexity index is 1680. The van der Waals surface area contributed by atoms with Gasteiger partial charge < -0.3 is 0 Å². The number of H-pyrrole nitrogens is 1. The van der Waals surface area contributed by atoms with Crippen LogP contribution in [0.2, 0.25) is 0 Å². The summed E-state index contributed by atoms with van der Waals surface area (Å²) in [7, 11) is 0. The Morgan fingerprint density at radius 3 is 2.51 bits per heavy atom. The smallest absolute Gasteiger partial charge is 0.257 e. The minimum atomic E-state index is -0.0883. The Hall–Kier alpha value is -4.97. The number of nitriles is 1. The van der Waals surface area contributed by atoms with Crippen LogP contribution in [-0.2, 0) is 19.4 Å². The lowest BCUT2D eigenvalue weighted by molar-refractivity contribution is 0.652. The molecule has 0 unspecified atom stereocenters. The van der Waals surface area contributed by atoms with E-state index in [0.717, 1.165) is 47.2 Å². The van der Waals surface area contributed by atoms with Crippen molar-refractivity contribution in [1.82, 2.24) is 35.2 Å². The second kappa shape index (κ2) is 11.6. The average Bonchev–Trinajstić information content (AvgIpc) is 3.51. The molecule has 0 amide bonds. The maximum absolute atomic E-state index is 13.8. The summed E-state index contributed by atoms with van der Waals surface area (Å²) in [6, 6.07) is 21.7. The number of aryl methyl sites for hydroxylation is 2. The summed E-state index contributed by atoms with van der Waals surface area (Å²) in [5.41, 5.74) is 6.36. The van der Waals surface area contributed by atoms with Gasteiger partial charge in [0.15, 0.2) is 0 Å². The van der Waals surface area contributed by atoms with Crippen molar-refractivity contribution in [3.05, 3.63) is 111 Å². The zero-order chi connectivity index (χ0) is 27.2. The maximum Gasteiger partial charge on any atom is 0.257 e. The van der Waals surface area contributed by atoms with E-state index in [4.69, 9.17) is 4.98 Å². The molecule has 5 rings (SSSR count). The van der Waals surface area contributed by atoms with Gasteiger partial charge in [-0.25, -0.2) is 4.98 Å². The van der Waals surface area contributed by atoms with Gasteiger partial charge in [0.2, 0.25) is 5.82 Å². The third kappa shape index (κ3) is 5.50. The molecular weight excluding hydrogens is 488 g/mol. The lowest BCUT2D eigenvalue weighted by Gasteiger charge is -2.16. The number of tetrazole rings is 1. The monoisotopic (exact) mass is 516 g/mol. The highest BCUT2D eigenvalue weighted by Crippen LogP contribution is 2.30. The van der Waals surface area contributed by atoms with E-state index in [2.05, 4.69) is 38.6 Å². The summed E-state index contributed by atoms with van der Waals surface area (Å²) in [5, 5.41) is 24.0. The summed E-state index contributed by atoms with van der Waals surface area (Å²) < 4.78 is 1.63. The van der Waals surface area contributed by atoms with Gasteiger partial charge in [-0.2, -0.15) is 10.5 Å².